The summed E-state index contributed by atoms with van der Waals surface area (Å²) in [6, 6.07) is 7.67. The SMILES string of the molecule is CNc1ncc(CCc2ccc(OC(F)(F)F)cc2)c2cc(NC(=O)C3CC3)ncc12. The van der Waals surface area contributed by atoms with E-state index in [1.807, 2.05) is 6.07 Å². The van der Waals surface area contributed by atoms with Crippen LogP contribution in [-0.2, 0) is 17.6 Å². The molecule has 1 aromatic carbocycles. The van der Waals surface area contributed by atoms with Crippen LogP contribution in [0, 0.1) is 5.92 Å². The summed E-state index contributed by atoms with van der Waals surface area (Å²) in [5.74, 6) is 0.987. The minimum Gasteiger partial charge on any atom is -0.406 e. The standard InChI is InChI=1S/C22H21F3N4O2/c1-26-20-18-12-27-19(29-21(30)14-6-7-14)10-17(18)15(11-28-20)5-2-13-3-8-16(9-4-13)31-22(23,24)25/h3-4,8-12,14H,2,5-7H2,1H3,(H,26,28)(H,27,29,30). The van der Waals surface area contributed by atoms with E-state index in [0.717, 1.165) is 34.7 Å². The second-order valence-corrected chi connectivity index (χ2v) is 7.45. The van der Waals surface area contributed by atoms with E-state index in [2.05, 4.69) is 25.3 Å². The molecule has 0 bridgehead atoms. The van der Waals surface area contributed by atoms with Crippen molar-refractivity contribution >= 4 is 28.3 Å². The maximum absolute atomic E-state index is 12.3. The van der Waals surface area contributed by atoms with Gasteiger partial charge in [-0.05, 0) is 60.4 Å². The number of nitrogens with one attached hydrogen (secondary N) is 2. The monoisotopic (exact) mass is 430 g/mol. The molecule has 6 nitrogen and oxygen atoms in total. The normalized spacial score (nSPS) is 13.8. The Morgan fingerprint density at radius 3 is 2.48 bits per heavy atom. The summed E-state index contributed by atoms with van der Waals surface area (Å²) in [4.78, 5) is 20.9. The molecule has 0 aliphatic heterocycles. The van der Waals surface area contributed by atoms with E-state index in [0.29, 0.717) is 24.5 Å². The molecule has 0 spiro atoms. The van der Waals surface area contributed by atoms with Crippen molar-refractivity contribution < 1.29 is 22.7 Å². The lowest BCUT2D eigenvalue weighted by Crippen LogP contribution is -2.17. The average Bonchev–Trinajstić information content (AvgIpc) is 3.57. The molecule has 3 aromatic rings. The molecule has 2 heterocycles. The van der Waals surface area contributed by atoms with Gasteiger partial charge in [0.05, 0.1) is 0 Å². The number of fused-ring (bicyclic) bond motifs is 1. The number of nitrogens with zero attached hydrogens (tertiary/aromatic N) is 2. The maximum Gasteiger partial charge on any atom is 0.573 e. The van der Waals surface area contributed by atoms with Gasteiger partial charge in [0.25, 0.3) is 0 Å². The Kier molecular flexibility index (Phi) is 5.67. The minimum atomic E-state index is -4.71. The van der Waals surface area contributed by atoms with Gasteiger partial charge in [0.15, 0.2) is 0 Å². The van der Waals surface area contributed by atoms with Crippen molar-refractivity contribution in [2.45, 2.75) is 32.0 Å². The van der Waals surface area contributed by atoms with Crippen LogP contribution in [0.5, 0.6) is 5.75 Å². The number of hydrogen-bond donors (Lipinski definition) is 2. The first kappa shape index (κ1) is 20.9. The van der Waals surface area contributed by atoms with Crippen molar-refractivity contribution in [2.24, 2.45) is 5.92 Å². The van der Waals surface area contributed by atoms with Crippen molar-refractivity contribution in [3.63, 3.8) is 0 Å². The van der Waals surface area contributed by atoms with Crippen molar-refractivity contribution in [3.8, 4) is 5.75 Å². The fraction of sp³-hybridized carbons (Fsp3) is 0.318. The van der Waals surface area contributed by atoms with Crippen LogP contribution in [0.25, 0.3) is 10.8 Å². The van der Waals surface area contributed by atoms with Gasteiger partial charge < -0.3 is 15.4 Å². The van der Waals surface area contributed by atoms with Gasteiger partial charge in [-0.1, -0.05) is 12.1 Å². The van der Waals surface area contributed by atoms with Gasteiger partial charge in [0, 0.05) is 30.7 Å². The Labute approximate surface area is 176 Å². The van der Waals surface area contributed by atoms with E-state index in [9.17, 15) is 18.0 Å². The van der Waals surface area contributed by atoms with Crippen LogP contribution in [0.2, 0.25) is 0 Å². The number of aromatic nitrogens is 2. The van der Waals surface area contributed by atoms with Crippen LogP contribution in [0.1, 0.15) is 24.0 Å². The highest BCUT2D eigenvalue weighted by Gasteiger charge is 2.31. The fourth-order valence-electron chi connectivity index (χ4n) is 3.37. The van der Waals surface area contributed by atoms with E-state index in [1.54, 1.807) is 31.6 Å². The summed E-state index contributed by atoms with van der Waals surface area (Å²) in [5, 5.41) is 7.65. The third kappa shape index (κ3) is 5.22. The van der Waals surface area contributed by atoms with Crippen molar-refractivity contribution in [1.82, 2.24) is 9.97 Å². The van der Waals surface area contributed by atoms with E-state index in [-0.39, 0.29) is 17.6 Å². The molecular formula is C22H21F3N4O2. The van der Waals surface area contributed by atoms with Crippen molar-refractivity contribution in [3.05, 3.63) is 53.9 Å². The third-order valence-corrected chi connectivity index (χ3v) is 5.13. The molecule has 1 amide bonds. The maximum atomic E-state index is 12.3. The lowest BCUT2D eigenvalue weighted by Gasteiger charge is -2.12. The van der Waals surface area contributed by atoms with Gasteiger partial charge in [-0.15, -0.1) is 13.2 Å². The Bertz CT molecular complexity index is 1100. The molecule has 1 saturated carbocycles. The van der Waals surface area contributed by atoms with Crippen LogP contribution in [0.15, 0.2) is 42.7 Å². The Hall–Kier alpha value is -3.36. The molecule has 2 N–H and O–H groups in total. The van der Waals surface area contributed by atoms with E-state index in [1.165, 1.54) is 12.1 Å². The molecule has 0 radical (unpaired) electrons. The topological polar surface area (TPSA) is 76.1 Å². The van der Waals surface area contributed by atoms with Crippen molar-refractivity contribution in [1.29, 1.82) is 0 Å². The first-order chi connectivity index (χ1) is 14.8. The molecule has 31 heavy (non-hydrogen) atoms. The number of anilines is 2. The number of carbonyl (C=O) groups excluding carboxylic acids is 1. The van der Waals surface area contributed by atoms with Crippen LogP contribution in [-0.4, -0.2) is 29.3 Å². The summed E-state index contributed by atoms with van der Waals surface area (Å²) in [6.45, 7) is 0. The number of benzene rings is 1. The van der Waals surface area contributed by atoms with Crippen LogP contribution in [0.4, 0.5) is 24.8 Å². The summed E-state index contributed by atoms with van der Waals surface area (Å²) < 4.78 is 40.9. The molecular weight excluding hydrogens is 409 g/mol. The molecule has 0 atom stereocenters. The molecule has 1 aliphatic rings. The number of hydrogen-bond acceptors (Lipinski definition) is 5. The van der Waals surface area contributed by atoms with Crippen molar-refractivity contribution in [2.75, 3.05) is 17.7 Å². The van der Waals surface area contributed by atoms with Gasteiger partial charge in [-0.3, -0.25) is 4.79 Å². The molecule has 2 aromatic heterocycles. The average molecular weight is 430 g/mol. The van der Waals surface area contributed by atoms with Gasteiger partial charge in [0.1, 0.15) is 17.4 Å². The largest absolute Gasteiger partial charge is 0.573 e. The molecule has 162 valence electrons. The number of halogens is 3. The number of alkyl halides is 3. The second-order valence-electron chi connectivity index (χ2n) is 7.45. The Balaban J connectivity index is 1.54. The van der Waals surface area contributed by atoms with Crippen LogP contribution >= 0.6 is 0 Å². The molecule has 0 saturated heterocycles. The summed E-state index contributed by atoms with van der Waals surface area (Å²) in [5.41, 5.74) is 1.82. The first-order valence-corrected chi connectivity index (χ1v) is 9.93. The number of rotatable bonds is 7. The molecule has 4 rings (SSSR count). The number of ether oxygens (including phenoxy) is 1. The summed E-state index contributed by atoms with van der Waals surface area (Å²) >= 11 is 0. The van der Waals surface area contributed by atoms with E-state index >= 15 is 0 Å². The van der Waals surface area contributed by atoms with E-state index in [4.69, 9.17) is 0 Å². The summed E-state index contributed by atoms with van der Waals surface area (Å²) in [7, 11) is 1.77. The Morgan fingerprint density at radius 2 is 1.84 bits per heavy atom. The molecule has 1 aliphatic carbocycles. The highest BCUT2D eigenvalue weighted by molar-refractivity contribution is 5.98. The third-order valence-electron chi connectivity index (χ3n) is 5.13. The zero-order valence-electron chi connectivity index (χ0n) is 16.8. The molecule has 0 unspecified atom stereocenters. The quantitative estimate of drug-likeness (QED) is 0.568. The van der Waals surface area contributed by atoms with Gasteiger partial charge >= 0.3 is 6.36 Å². The summed E-state index contributed by atoms with van der Waals surface area (Å²) in [6.07, 6.45) is 1.78. The molecule has 9 heteroatoms. The zero-order chi connectivity index (χ0) is 22.0. The number of amides is 1. The van der Waals surface area contributed by atoms with Crippen LogP contribution in [0.3, 0.4) is 0 Å². The Morgan fingerprint density at radius 1 is 1.10 bits per heavy atom. The predicted octanol–water partition coefficient (Wildman–Crippen LogP) is 4.70. The van der Waals surface area contributed by atoms with Gasteiger partial charge in [0.2, 0.25) is 5.91 Å². The van der Waals surface area contributed by atoms with Crippen LogP contribution < -0.4 is 15.4 Å². The van der Waals surface area contributed by atoms with Gasteiger partial charge in [-0.2, -0.15) is 0 Å². The lowest BCUT2D eigenvalue weighted by atomic mass is 10.0. The van der Waals surface area contributed by atoms with Gasteiger partial charge in [-0.25, -0.2) is 9.97 Å². The number of pyridine rings is 2. The highest BCUT2D eigenvalue weighted by atomic mass is 19.4. The fourth-order valence-corrected chi connectivity index (χ4v) is 3.37. The number of carbonyl (C=O) groups is 1. The predicted molar refractivity (Wildman–Crippen MR) is 111 cm³/mol. The number of aryl methyl sites for hydroxylation is 2. The van der Waals surface area contributed by atoms with E-state index < -0.39 is 6.36 Å². The molecule has 1 fully saturated rings. The minimum absolute atomic E-state index is 0.0162. The lowest BCUT2D eigenvalue weighted by molar-refractivity contribution is -0.274. The zero-order valence-corrected chi connectivity index (χ0v) is 16.8. The highest BCUT2D eigenvalue weighted by Crippen LogP contribution is 2.31. The first-order valence-electron chi connectivity index (χ1n) is 9.93. The smallest absolute Gasteiger partial charge is 0.406 e. The second kappa shape index (κ2) is 8.41.